The summed E-state index contributed by atoms with van der Waals surface area (Å²) in [7, 11) is 0. The molecule has 0 fully saturated rings. The van der Waals surface area contributed by atoms with Crippen LogP contribution in [0, 0.1) is 0 Å². The van der Waals surface area contributed by atoms with Gasteiger partial charge in [-0.05, 0) is 49.2 Å². The van der Waals surface area contributed by atoms with E-state index >= 15 is 0 Å². The highest BCUT2D eigenvalue weighted by Gasteiger charge is 2.14. The molecule has 0 unspecified atom stereocenters. The summed E-state index contributed by atoms with van der Waals surface area (Å²) >= 11 is 0. The zero-order valence-electron chi connectivity index (χ0n) is 16.3. The van der Waals surface area contributed by atoms with Gasteiger partial charge >= 0.3 is 5.69 Å². The first kappa shape index (κ1) is 18.7. The van der Waals surface area contributed by atoms with Crippen molar-refractivity contribution in [3.63, 3.8) is 0 Å². The highest BCUT2D eigenvalue weighted by molar-refractivity contribution is 5.80. The largest absolute Gasteiger partial charge is 0.354 e. The van der Waals surface area contributed by atoms with E-state index < -0.39 is 0 Å². The summed E-state index contributed by atoms with van der Waals surface area (Å²) in [6.45, 7) is 3.03. The van der Waals surface area contributed by atoms with E-state index in [2.05, 4.69) is 10.4 Å². The van der Waals surface area contributed by atoms with Gasteiger partial charge in [0.1, 0.15) is 6.54 Å². The van der Waals surface area contributed by atoms with E-state index in [0.717, 1.165) is 28.7 Å². The molecule has 29 heavy (non-hydrogen) atoms. The first-order valence-electron chi connectivity index (χ1n) is 9.71. The van der Waals surface area contributed by atoms with Crippen molar-refractivity contribution in [1.82, 2.24) is 24.2 Å². The van der Waals surface area contributed by atoms with Gasteiger partial charge in [-0.25, -0.2) is 9.48 Å². The highest BCUT2D eigenvalue weighted by Crippen LogP contribution is 2.12. The molecule has 2 aromatic carbocycles. The lowest BCUT2D eigenvalue weighted by molar-refractivity contribution is -0.121. The zero-order chi connectivity index (χ0) is 20.2. The van der Waals surface area contributed by atoms with Gasteiger partial charge in [0.25, 0.3) is 0 Å². The van der Waals surface area contributed by atoms with Gasteiger partial charge in [-0.15, -0.1) is 0 Å². The van der Waals surface area contributed by atoms with Crippen LogP contribution in [0.15, 0.2) is 71.8 Å². The minimum atomic E-state index is -0.167. The third-order valence-electron chi connectivity index (χ3n) is 4.98. The van der Waals surface area contributed by atoms with Crippen molar-refractivity contribution >= 4 is 16.9 Å². The second kappa shape index (κ2) is 8.18. The predicted molar refractivity (Wildman–Crippen MR) is 112 cm³/mol. The maximum absolute atomic E-state index is 12.6. The first-order chi connectivity index (χ1) is 14.2. The Morgan fingerprint density at radius 3 is 2.38 bits per heavy atom. The number of aromatic nitrogens is 4. The van der Waals surface area contributed by atoms with Gasteiger partial charge in [0.15, 0.2) is 0 Å². The smallest absolute Gasteiger partial charge is 0.329 e. The van der Waals surface area contributed by atoms with Gasteiger partial charge < -0.3 is 5.32 Å². The van der Waals surface area contributed by atoms with Crippen LogP contribution < -0.4 is 11.0 Å². The number of hydrogen-bond acceptors (Lipinski definition) is 3. The van der Waals surface area contributed by atoms with E-state index in [0.29, 0.717) is 13.1 Å². The molecule has 0 saturated carbocycles. The zero-order valence-corrected chi connectivity index (χ0v) is 16.3. The average Bonchev–Trinajstić information content (AvgIpc) is 3.36. The molecule has 0 radical (unpaired) electrons. The number of aryl methyl sites for hydroxylation is 1. The Morgan fingerprint density at radius 2 is 1.72 bits per heavy atom. The Bertz CT molecular complexity index is 1170. The van der Waals surface area contributed by atoms with Crippen LogP contribution in [0.1, 0.15) is 12.5 Å². The van der Waals surface area contributed by atoms with Crippen LogP contribution in [0.2, 0.25) is 0 Å². The normalized spacial score (nSPS) is 11.1. The molecular weight excluding hydrogens is 366 g/mol. The second-order valence-corrected chi connectivity index (χ2v) is 6.82. The van der Waals surface area contributed by atoms with Gasteiger partial charge in [0.05, 0.1) is 16.7 Å². The van der Waals surface area contributed by atoms with Crippen LogP contribution in [0.5, 0.6) is 0 Å². The summed E-state index contributed by atoms with van der Waals surface area (Å²) in [6.07, 6.45) is 4.36. The number of carbonyl (C=O) groups excluding carboxylic acids is 1. The third kappa shape index (κ3) is 3.85. The number of imidazole rings is 1. The van der Waals surface area contributed by atoms with Crippen LogP contribution in [-0.4, -0.2) is 31.4 Å². The van der Waals surface area contributed by atoms with Crippen molar-refractivity contribution in [2.45, 2.75) is 26.4 Å². The Kier molecular flexibility index (Phi) is 5.29. The molecule has 7 nitrogen and oxygen atoms in total. The van der Waals surface area contributed by atoms with Crippen molar-refractivity contribution in [1.29, 1.82) is 0 Å². The average molecular weight is 389 g/mol. The SMILES string of the molecule is CCn1c(=O)n(CC(=O)NCCc2ccc(-n3cccn3)cc2)c2ccccc21. The minimum Gasteiger partial charge on any atom is -0.354 e. The molecule has 0 aliphatic rings. The van der Waals surface area contributed by atoms with Gasteiger partial charge in [-0.2, -0.15) is 5.10 Å². The summed E-state index contributed by atoms with van der Waals surface area (Å²) in [5, 5.41) is 7.12. The van der Waals surface area contributed by atoms with Crippen molar-refractivity contribution in [2.75, 3.05) is 6.54 Å². The maximum Gasteiger partial charge on any atom is 0.329 e. The quantitative estimate of drug-likeness (QED) is 0.527. The summed E-state index contributed by atoms with van der Waals surface area (Å²) < 4.78 is 5.02. The van der Waals surface area contributed by atoms with E-state index in [9.17, 15) is 9.59 Å². The van der Waals surface area contributed by atoms with E-state index in [1.165, 1.54) is 4.57 Å². The van der Waals surface area contributed by atoms with Crippen molar-refractivity contribution in [3.8, 4) is 5.69 Å². The Balaban J connectivity index is 1.37. The standard InChI is InChI=1S/C22H23N5O2/c1-2-25-19-6-3-4-7-20(19)26(22(25)29)16-21(28)23-14-12-17-8-10-18(11-9-17)27-15-5-13-24-27/h3-11,13,15H,2,12,14,16H2,1H3,(H,23,28). The maximum atomic E-state index is 12.6. The van der Waals surface area contributed by atoms with Gasteiger partial charge in [-0.1, -0.05) is 24.3 Å². The number of para-hydroxylation sites is 2. The lowest BCUT2D eigenvalue weighted by atomic mass is 10.1. The molecule has 4 aromatic rings. The van der Waals surface area contributed by atoms with E-state index in [1.807, 2.05) is 67.7 Å². The van der Waals surface area contributed by atoms with E-state index in [-0.39, 0.29) is 18.1 Å². The summed E-state index contributed by atoms with van der Waals surface area (Å²) in [4.78, 5) is 25.0. The number of amides is 1. The van der Waals surface area contributed by atoms with Gasteiger partial charge in [0.2, 0.25) is 5.91 Å². The third-order valence-corrected chi connectivity index (χ3v) is 4.98. The molecule has 0 saturated heterocycles. The van der Waals surface area contributed by atoms with Crippen molar-refractivity contribution < 1.29 is 4.79 Å². The molecule has 4 rings (SSSR count). The summed E-state index contributed by atoms with van der Waals surface area (Å²) in [5.41, 5.74) is 3.60. The number of hydrogen-bond donors (Lipinski definition) is 1. The van der Waals surface area contributed by atoms with Crippen molar-refractivity contribution in [2.24, 2.45) is 0 Å². The summed E-state index contributed by atoms with van der Waals surface area (Å²) in [6, 6.07) is 17.5. The molecule has 7 heteroatoms. The van der Waals surface area contributed by atoms with E-state index in [4.69, 9.17) is 0 Å². The Morgan fingerprint density at radius 1 is 1.00 bits per heavy atom. The van der Waals surface area contributed by atoms with Crippen LogP contribution in [0.4, 0.5) is 0 Å². The monoisotopic (exact) mass is 389 g/mol. The van der Waals surface area contributed by atoms with Crippen LogP contribution in [-0.2, 0) is 24.3 Å². The number of benzene rings is 2. The summed E-state index contributed by atoms with van der Waals surface area (Å²) in [5.74, 6) is -0.167. The number of nitrogens with zero attached hydrogens (tertiary/aromatic N) is 4. The van der Waals surface area contributed by atoms with Crippen LogP contribution in [0.25, 0.3) is 16.7 Å². The number of rotatable bonds is 7. The number of carbonyl (C=O) groups is 1. The predicted octanol–water partition coefficient (Wildman–Crippen LogP) is 2.37. The molecule has 0 aliphatic carbocycles. The first-order valence-corrected chi connectivity index (χ1v) is 9.71. The van der Waals surface area contributed by atoms with Gasteiger partial charge in [-0.3, -0.25) is 13.9 Å². The molecule has 2 heterocycles. The molecule has 148 valence electrons. The molecule has 1 amide bonds. The fraction of sp³-hybridized carbons (Fsp3) is 0.227. The lowest BCUT2D eigenvalue weighted by Crippen LogP contribution is -2.34. The number of nitrogens with one attached hydrogen (secondary N) is 1. The minimum absolute atomic E-state index is 0.0184. The topological polar surface area (TPSA) is 73.8 Å². The number of fused-ring (bicyclic) bond motifs is 1. The Hall–Kier alpha value is -3.61. The van der Waals surface area contributed by atoms with Crippen LogP contribution in [0.3, 0.4) is 0 Å². The Labute approximate surface area is 168 Å². The second-order valence-electron chi connectivity index (χ2n) is 6.82. The fourth-order valence-corrected chi connectivity index (χ4v) is 3.51. The molecular formula is C22H23N5O2. The molecule has 2 aromatic heterocycles. The van der Waals surface area contributed by atoms with Crippen molar-refractivity contribution in [3.05, 3.63) is 83.0 Å². The highest BCUT2D eigenvalue weighted by atomic mass is 16.2. The molecule has 1 N–H and O–H groups in total. The van der Waals surface area contributed by atoms with E-state index in [1.54, 1.807) is 15.4 Å². The molecule has 0 atom stereocenters. The lowest BCUT2D eigenvalue weighted by Gasteiger charge is -2.07. The molecule has 0 bridgehead atoms. The molecule has 0 aliphatic heterocycles. The fourth-order valence-electron chi connectivity index (χ4n) is 3.51. The molecule has 0 spiro atoms. The van der Waals surface area contributed by atoms with Gasteiger partial charge in [0, 0.05) is 25.5 Å². The van der Waals surface area contributed by atoms with Crippen LogP contribution >= 0.6 is 0 Å².